The molecule has 3 atom stereocenters. The third-order valence-corrected chi connectivity index (χ3v) is 8.85. The highest BCUT2D eigenvalue weighted by Gasteiger charge is 2.51. The summed E-state index contributed by atoms with van der Waals surface area (Å²) in [5.74, 6) is 0.142. The van der Waals surface area contributed by atoms with E-state index in [4.69, 9.17) is 4.98 Å². The molecule has 4 aromatic rings. The Morgan fingerprint density at radius 2 is 1.91 bits per heavy atom. The first-order valence-electron chi connectivity index (χ1n) is 11.5. The van der Waals surface area contributed by atoms with Crippen LogP contribution in [0, 0.1) is 11.3 Å². The summed E-state index contributed by atoms with van der Waals surface area (Å²) in [6.07, 6.45) is 7.58. The minimum Gasteiger partial charge on any atom is -0.385 e. The van der Waals surface area contributed by atoms with Gasteiger partial charge in [-0.3, -0.25) is 0 Å². The molecular formula is C28H28N2OS. The Bertz CT molecular complexity index is 1330. The largest absolute Gasteiger partial charge is 0.385 e. The topological polar surface area (TPSA) is 38.0 Å². The summed E-state index contributed by atoms with van der Waals surface area (Å²) in [6, 6.07) is 18.9. The second-order valence-corrected chi connectivity index (χ2v) is 10.7. The quantitative estimate of drug-likeness (QED) is 0.377. The molecule has 1 aliphatic carbocycles. The molecule has 0 radical (unpaired) electrons. The molecule has 3 nitrogen and oxygen atoms in total. The maximum Gasteiger partial charge on any atom is 0.0958 e. The van der Waals surface area contributed by atoms with Crippen LogP contribution < -0.4 is 0 Å². The minimum atomic E-state index is -0.895. The maximum absolute atomic E-state index is 12.1. The van der Waals surface area contributed by atoms with Gasteiger partial charge in [0.2, 0.25) is 0 Å². The van der Waals surface area contributed by atoms with Gasteiger partial charge >= 0.3 is 0 Å². The van der Waals surface area contributed by atoms with Gasteiger partial charge in [-0.15, -0.1) is 11.3 Å². The average molecular weight is 441 g/mol. The van der Waals surface area contributed by atoms with Crippen LogP contribution in [0.2, 0.25) is 0 Å². The number of aromatic nitrogens is 2. The summed E-state index contributed by atoms with van der Waals surface area (Å²) in [7, 11) is 0. The fraction of sp³-hybridized carbons (Fsp3) is 0.321. The maximum atomic E-state index is 12.1. The van der Waals surface area contributed by atoms with Gasteiger partial charge in [0.1, 0.15) is 0 Å². The molecule has 1 aliphatic heterocycles. The first-order valence-corrected chi connectivity index (χ1v) is 12.4. The molecule has 1 N–H and O–H groups in total. The van der Waals surface area contributed by atoms with E-state index in [1.54, 1.807) is 11.3 Å². The molecule has 2 aromatic carbocycles. The number of hydrogen-bond acceptors (Lipinski definition) is 3. The van der Waals surface area contributed by atoms with Crippen molar-refractivity contribution in [2.75, 3.05) is 0 Å². The minimum absolute atomic E-state index is 0.105. The molecule has 0 amide bonds. The van der Waals surface area contributed by atoms with Crippen LogP contribution in [0.5, 0.6) is 0 Å². The molecule has 0 unspecified atom stereocenters. The molecular weight excluding hydrogens is 412 g/mol. The Kier molecular flexibility index (Phi) is 4.46. The van der Waals surface area contributed by atoms with E-state index >= 15 is 0 Å². The number of hydrogen-bond donors (Lipinski definition) is 1. The molecule has 162 valence electrons. The van der Waals surface area contributed by atoms with E-state index in [1.165, 1.54) is 21.4 Å². The smallest absolute Gasteiger partial charge is 0.0958 e. The van der Waals surface area contributed by atoms with Gasteiger partial charge < -0.3 is 9.67 Å². The van der Waals surface area contributed by atoms with Crippen molar-refractivity contribution in [2.45, 2.75) is 45.3 Å². The van der Waals surface area contributed by atoms with Crippen molar-refractivity contribution in [3.05, 3.63) is 83.1 Å². The van der Waals surface area contributed by atoms with Gasteiger partial charge in [-0.25, -0.2) is 4.98 Å². The van der Waals surface area contributed by atoms with Gasteiger partial charge in [-0.1, -0.05) is 61.0 Å². The lowest BCUT2D eigenvalue weighted by molar-refractivity contribution is -0.0700. The normalized spacial score (nSPS) is 24.5. The number of rotatable bonds is 3. The number of thiophene rings is 1. The predicted octanol–water partition coefficient (Wildman–Crippen LogP) is 6.88. The first kappa shape index (κ1) is 20.0. The van der Waals surface area contributed by atoms with Crippen molar-refractivity contribution in [2.24, 2.45) is 11.3 Å². The molecule has 2 aliphatic rings. The van der Waals surface area contributed by atoms with Crippen molar-refractivity contribution in [3.8, 4) is 11.3 Å². The lowest BCUT2D eigenvalue weighted by Crippen LogP contribution is -2.48. The van der Waals surface area contributed by atoms with Crippen molar-refractivity contribution < 1.29 is 5.11 Å². The van der Waals surface area contributed by atoms with E-state index in [2.05, 4.69) is 71.5 Å². The van der Waals surface area contributed by atoms with Gasteiger partial charge in [0.15, 0.2) is 0 Å². The second kappa shape index (κ2) is 7.16. The lowest BCUT2D eigenvalue weighted by atomic mass is 9.57. The van der Waals surface area contributed by atoms with Crippen LogP contribution in [-0.2, 0) is 12.1 Å². The number of allylic oxidation sites excluding steroid dienone is 1. The monoisotopic (exact) mass is 440 g/mol. The molecule has 32 heavy (non-hydrogen) atoms. The van der Waals surface area contributed by atoms with Gasteiger partial charge in [0.05, 0.1) is 23.3 Å². The van der Waals surface area contributed by atoms with Crippen LogP contribution in [0.3, 0.4) is 0 Å². The van der Waals surface area contributed by atoms with E-state index < -0.39 is 5.60 Å². The number of benzene rings is 2. The molecule has 1 fully saturated rings. The Morgan fingerprint density at radius 1 is 1.12 bits per heavy atom. The highest BCUT2D eigenvalue weighted by atomic mass is 32.1. The Balaban J connectivity index is 1.43. The second-order valence-electron chi connectivity index (χ2n) is 9.80. The van der Waals surface area contributed by atoms with Crippen LogP contribution in [-0.4, -0.2) is 14.7 Å². The Labute approximate surface area is 193 Å². The summed E-state index contributed by atoms with van der Waals surface area (Å²) in [5, 5.41) is 15.4. The SMILES string of the molecule is C[C@]12Cn3cnc(-c4ccccc4)c3C=C1CCC[C@@H]2[C@](C)(O)c1csc2ccccc12. The number of imidazole rings is 1. The highest BCUT2D eigenvalue weighted by Crippen LogP contribution is 2.56. The standard InChI is InChI=1S/C28H28N2OS/c1-27-17-30-18-29-26(19-9-4-3-5-10-19)23(30)15-20(27)11-8-14-25(27)28(2,31)22-16-32-24-13-7-6-12-21(22)24/h3-7,9-10,12-13,15-16,18,25,31H,8,11,14,17H2,1-2H3/t25-,27-,28+/m0/s1. The van der Waals surface area contributed by atoms with Crippen LogP contribution in [0.25, 0.3) is 27.4 Å². The van der Waals surface area contributed by atoms with E-state index in [0.717, 1.165) is 42.6 Å². The molecule has 4 heteroatoms. The Hall–Kier alpha value is -2.69. The van der Waals surface area contributed by atoms with Crippen molar-refractivity contribution in [1.82, 2.24) is 9.55 Å². The van der Waals surface area contributed by atoms with Crippen molar-refractivity contribution >= 4 is 27.5 Å². The number of fused-ring (bicyclic) bond motifs is 3. The number of aliphatic hydroxyl groups is 1. The fourth-order valence-electron chi connectivity index (χ4n) is 6.24. The number of nitrogens with zero attached hydrogens (tertiary/aromatic N) is 2. The van der Waals surface area contributed by atoms with E-state index in [9.17, 15) is 5.11 Å². The summed E-state index contributed by atoms with van der Waals surface area (Å²) in [6.45, 7) is 5.26. The third kappa shape index (κ3) is 2.86. The zero-order chi connectivity index (χ0) is 21.9. The molecule has 0 saturated heterocycles. The Morgan fingerprint density at radius 3 is 2.75 bits per heavy atom. The van der Waals surface area contributed by atoms with Crippen molar-refractivity contribution in [3.63, 3.8) is 0 Å². The molecule has 0 bridgehead atoms. The molecule has 0 spiro atoms. The summed E-state index contributed by atoms with van der Waals surface area (Å²) in [4.78, 5) is 4.79. The van der Waals surface area contributed by atoms with Gasteiger partial charge in [-0.05, 0) is 49.1 Å². The summed E-state index contributed by atoms with van der Waals surface area (Å²) < 4.78 is 3.54. The summed E-state index contributed by atoms with van der Waals surface area (Å²) >= 11 is 1.73. The fourth-order valence-corrected chi connectivity index (χ4v) is 7.31. The molecule has 1 saturated carbocycles. The van der Waals surface area contributed by atoms with E-state index in [0.29, 0.717) is 0 Å². The van der Waals surface area contributed by atoms with E-state index in [1.807, 2.05) is 19.3 Å². The highest BCUT2D eigenvalue weighted by molar-refractivity contribution is 7.17. The summed E-state index contributed by atoms with van der Waals surface area (Å²) in [5.41, 5.74) is 4.94. The molecule has 6 rings (SSSR count). The van der Waals surface area contributed by atoms with Crippen LogP contribution in [0.15, 0.2) is 71.9 Å². The molecule has 2 aromatic heterocycles. The third-order valence-electron chi connectivity index (χ3n) is 7.88. The zero-order valence-corrected chi connectivity index (χ0v) is 19.4. The van der Waals surface area contributed by atoms with Gasteiger partial charge in [0.25, 0.3) is 0 Å². The van der Waals surface area contributed by atoms with E-state index in [-0.39, 0.29) is 11.3 Å². The van der Waals surface area contributed by atoms with Crippen LogP contribution in [0.1, 0.15) is 44.4 Å². The van der Waals surface area contributed by atoms with Crippen molar-refractivity contribution in [1.29, 1.82) is 0 Å². The van der Waals surface area contributed by atoms with Gasteiger partial charge in [0, 0.05) is 33.7 Å². The first-order chi connectivity index (χ1) is 15.5. The average Bonchev–Trinajstić information content (AvgIpc) is 3.41. The van der Waals surface area contributed by atoms with Crippen LogP contribution in [0.4, 0.5) is 0 Å². The van der Waals surface area contributed by atoms with Crippen LogP contribution >= 0.6 is 11.3 Å². The lowest BCUT2D eigenvalue weighted by Gasteiger charge is -2.51. The molecule has 3 heterocycles. The zero-order valence-electron chi connectivity index (χ0n) is 18.6. The van der Waals surface area contributed by atoms with Gasteiger partial charge in [-0.2, -0.15) is 0 Å². The predicted molar refractivity (Wildman–Crippen MR) is 132 cm³/mol.